The van der Waals surface area contributed by atoms with Crippen molar-refractivity contribution in [1.82, 2.24) is 14.7 Å². The van der Waals surface area contributed by atoms with Crippen LogP contribution in [0.25, 0.3) is 5.69 Å². The van der Waals surface area contributed by atoms with E-state index in [-0.39, 0.29) is 42.7 Å². The topological polar surface area (TPSA) is 84.3 Å². The number of carbonyl (C=O) groups is 3. The van der Waals surface area contributed by atoms with E-state index in [1.165, 1.54) is 21.7 Å². The minimum absolute atomic E-state index is 0.140. The average Bonchev–Trinajstić information content (AvgIpc) is 3.30. The van der Waals surface area contributed by atoms with E-state index in [0.717, 1.165) is 12.1 Å². The molecular formula is C23H19F3N4O3. The van der Waals surface area contributed by atoms with Crippen LogP contribution < -0.4 is 5.32 Å². The quantitative estimate of drug-likeness (QED) is 0.586. The van der Waals surface area contributed by atoms with Crippen LogP contribution in [0.15, 0.2) is 54.6 Å². The molecule has 1 fully saturated rings. The Labute approximate surface area is 186 Å². The molecule has 0 atom stereocenters. The van der Waals surface area contributed by atoms with E-state index in [2.05, 4.69) is 10.4 Å². The molecule has 33 heavy (non-hydrogen) atoms. The molecule has 2 aromatic carbocycles. The Kier molecular flexibility index (Phi) is 5.75. The second kappa shape index (κ2) is 8.53. The summed E-state index contributed by atoms with van der Waals surface area (Å²) in [5.41, 5.74) is 0.838. The number of carbonyl (C=O) groups excluding carboxylic acids is 3. The van der Waals surface area contributed by atoms with Gasteiger partial charge in [0.05, 0.1) is 23.5 Å². The number of aromatic nitrogens is 2. The summed E-state index contributed by atoms with van der Waals surface area (Å²) < 4.78 is 40.5. The van der Waals surface area contributed by atoms with Gasteiger partial charge in [-0.2, -0.15) is 18.3 Å². The second-order valence-corrected chi connectivity index (χ2v) is 7.66. The number of imide groups is 1. The molecule has 3 amide bonds. The molecule has 3 aromatic rings. The average molecular weight is 456 g/mol. The monoisotopic (exact) mass is 456 g/mol. The normalized spacial score (nSPS) is 14.1. The third kappa shape index (κ3) is 4.79. The molecule has 0 aliphatic carbocycles. The van der Waals surface area contributed by atoms with Gasteiger partial charge in [-0.3, -0.25) is 19.3 Å². The number of anilines is 1. The van der Waals surface area contributed by atoms with Gasteiger partial charge in [-0.15, -0.1) is 0 Å². The predicted molar refractivity (Wildman–Crippen MR) is 112 cm³/mol. The Balaban J connectivity index is 1.52. The first-order valence-electron chi connectivity index (χ1n) is 10.1. The van der Waals surface area contributed by atoms with Gasteiger partial charge in [-0.25, -0.2) is 4.68 Å². The number of hydrogen-bond acceptors (Lipinski definition) is 4. The summed E-state index contributed by atoms with van der Waals surface area (Å²) in [6.45, 7) is 1.80. The molecule has 0 spiro atoms. The van der Waals surface area contributed by atoms with Crippen molar-refractivity contribution in [3.63, 3.8) is 0 Å². The Morgan fingerprint density at radius 2 is 1.70 bits per heavy atom. The zero-order valence-electron chi connectivity index (χ0n) is 17.5. The highest BCUT2D eigenvalue weighted by molar-refractivity contribution is 6.04. The van der Waals surface area contributed by atoms with Crippen molar-refractivity contribution >= 4 is 23.5 Å². The van der Waals surface area contributed by atoms with Crippen LogP contribution in [0.3, 0.4) is 0 Å². The van der Waals surface area contributed by atoms with Gasteiger partial charge in [0.1, 0.15) is 5.82 Å². The summed E-state index contributed by atoms with van der Waals surface area (Å²) in [6, 6.07) is 12.6. The van der Waals surface area contributed by atoms with Gasteiger partial charge in [0.25, 0.3) is 5.91 Å². The number of likely N-dealkylation sites (tertiary alicyclic amines) is 1. The van der Waals surface area contributed by atoms with Crippen LogP contribution in [0.2, 0.25) is 0 Å². The summed E-state index contributed by atoms with van der Waals surface area (Å²) in [5, 5.41) is 6.87. The second-order valence-electron chi connectivity index (χ2n) is 7.66. The molecule has 1 N–H and O–H groups in total. The molecule has 0 unspecified atom stereocenters. The van der Waals surface area contributed by atoms with E-state index in [4.69, 9.17) is 0 Å². The molecule has 0 radical (unpaired) electrons. The lowest BCUT2D eigenvalue weighted by molar-refractivity contribution is -0.139. The van der Waals surface area contributed by atoms with Crippen molar-refractivity contribution in [2.45, 2.75) is 32.5 Å². The summed E-state index contributed by atoms with van der Waals surface area (Å²) in [5.74, 6) is -0.711. The predicted octanol–water partition coefficient (Wildman–Crippen LogP) is 4.10. The number of hydrogen-bond donors (Lipinski definition) is 1. The number of halogens is 3. The first kappa shape index (κ1) is 22.3. The molecule has 4 rings (SSSR count). The Bertz CT molecular complexity index is 1220. The van der Waals surface area contributed by atoms with Crippen molar-refractivity contribution in [3.05, 3.63) is 77.0 Å². The fraction of sp³-hybridized carbons (Fsp3) is 0.217. The molecule has 1 aliphatic heterocycles. The van der Waals surface area contributed by atoms with Gasteiger partial charge in [0.15, 0.2) is 0 Å². The number of benzene rings is 2. The number of nitrogens with zero attached hydrogens (tertiary/aromatic N) is 3. The number of nitrogens with one attached hydrogen (secondary N) is 1. The summed E-state index contributed by atoms with van der Waals surface area (Å²) >= 11 is 0. The van der Waals surface area contributed by atoms with E-state index in [0.29, 0.717) is 16.8 Å². The lowest BCUT2D eigenvalue weighted by Crippen LogP contribution is -2.28. The fourth-order valence-electron chi connectivity index (χ4n) is 3.53. The summed E-state index contributed by atoms with van der Waals surface area (Å²) in [7, 11) is 0. The number of aryl methyl sites for hydroxylation is 1. The number of amides is 3. The largest absolute Gasteiger partial charge is 0.416 e. The SMILES string of the molecule is Cc1cc(NC(=O)c2ccc(CN3C(=O)CCC3=O)cc2)n(-c2cccc(C(F)(F)F)c2)n1. The minimum Gasteiger partial charge on any atom is -0.306 e. The molecule has 10 heteroatoms. The van der Waals surface area contributed by atoms with Gasteiger partial charge in [-0.05, 0) is 42.8 Å². The van der Waals surface area contributed by atoms with Gasteiger partial charge >= 0.3 is 6.18 Å². The summed E-state index contributed by atoms with van der Waals surface area (Å²) in [6.07, 6.45) is -4.09. The minimum atomic E-state index is -4.51. The molecule has 170 valence electrons. The fourth-order valence-corrected chi connectivity index (χ4v) is 3.53. The van der Waals surface area contributed by atoms with Crippen LogP contribution in [-0.2, 0) is 22.3 Å². The van der Waals surface area contributed by atoms with Crippen LogP contribution in [0.4, 0.5) is 19.0 Å². The number of alkyl halides is 3. The molecule has 0 bridgehead atoms. The van der Waals surface area contributed by atoms with Crippen LogP contribution >= 0.6 is 0 Å². The zero-order valence-corrected chi connectivity index (χ0v) is 17.5. The Morgan fingerprint density at radius 3 is 2.33 bits per heavy atom. The van der Waals surface area contributed by atoms with Crippen LogP contribution in [-0.4, -0.2) is 32.4 Å². The third-order valence-electron chi connectivity index (χ3n) is 5.20. The van der Waals surface area contributed by atoms with Crippen LogP contribution in [0, 0.1) is 6.92 Å². The van der Waals surface area contributed by atoms with Crippen molar-refractivity contribution in [2.75, 3.05) is 5.32 Å². The highest BCUT2D eigenvalue weighted by Gasteiger charge is 2.31. The van der Waals surface area contributed by atoms with Crippen molar-refractivity contribution in [2.24, 2.45) is 0 Å². The van der Waals surface area contributed by atoms with E-state index in [9.17, 15) is 27.6 Å². The lowest BCUT2D eigenvalue weighted by atomic mass is 10.1. The Morgan fingerprint density at radius 1 is 1.03 bits per heavy atom. The Hall–Kier alpha value is -3.95. The van der Waals surface area contributed by atoms with Crippen LogP contribution in [0.1, 0.15) is 40.0 Å². The smallest absolute Gasteiger partial charge is 0.306 e. The maximum Gasteiger partial charge on any atom is 0.416 e. The highest BCUT2D eigenvalue weighted by Crippen LogP contribution is 2.31. The maximum atomic E-state index is 13.1. The maximum absolute atomic E-state index is 13.1. The first-order chi connectivity index (χ1) is 15.6. The van der Waals surface area contributed by atoms with Crippen molar-refractivity contribution < 1.29 is 27.6 Å². The van der Waals surface area contributed by atoms with Gasteiger partial charge in [0, 0.05) is 24.5 Å². The van der Waals surface area contributed by atoms with Gasteiger partial charge in [0.2, 0.25) is 11.8 Å². The molecule has 1 saturated heterocycles. The van der Waals surface area contributed by atoms with Crippen molar-refractivity contribution in [3.8, 4) is 5.69 Å². The van der Waals surface area contributed by atoms with E-state index >= 15 is 0 Å². The molecular weight excluding hydrogens is 437 g/mol. The van der Waals surface area contributed by atoms with Crippen molar-refractivity contribution in [1.29, 1.82) is 0 Å². The summed E-state index contributed by atoms with van der Waals surface area (Å²) in [4.78, 5) is 37.5. The molecule has 0 saturated carbocycles. The van der Waals surface area contributed by atoms with E-state index in [1.54, 1.807) is 37.3 Å². The third-order valence-corrected chi connectivity index (χ3v) is 5.20. The molecule has 1 aliphatic rings. The zero-order chi connectivity index (χ0) is 23.8. The molecule has 1 aromatic heterocycles. The first-order valence-corrected chi connectivity index (χ1v) is 10.1. The lowest BCUT2D eigenvalue weighted by Gasteiger charge is -2.14. The number of rotatable bonds is 5. The van der Waals surface area contributed by atoms with Crippen LogP contribution in [0.5, 0.6) is 0 Å². The highest BCUT2D eigenvalue weighted by atomic mass is 19.4. The van der Waals surface area contributed by atoms with E-state index in [1.807, 2.05) is 0 Å². The molecule has 2 heterocycles. The van der Waals surface area contributed by atoms with E-state index < -0.39 is 17.6 Å². The van der Waals surface area contributed by atoms with Gasteiger partial charge in [-0.1, -0.05) is 18.2 Å². The van der Waals surface area contributed by atoms with Gasteiger partial charge < -0.3 is 5.32 Å². The molecule has 7 nitrogen and oxygen atoms in total. The standard InChI is InChI=1S/C23H19F3N4O3/c1-14-11-19(30(28-14)18-4-2-3-17(12-18)23(24,25)26)27-22(33)16-7-5-15(6-8-16)13-29-20(31)9-10-21(29)32/h2-8,11-12H,9-10,13H2,1H3,(H,27,33).